The monoisotopic (exact) mass is 320 g/mol. The highest BCUT2D eigenvalue weighted by molar-refractivity contribution is 6.78. The van der Waals surface area contributed by atoms with Gasteiger partial charge >= 0.3 is 0 Å². The Morgan fingerprint density at radius 3 is 2.55 bits per heavy atom. The third kappa shape index (κ3) is 4.36. The van der Waals surface area contributed by atoms with Gasteiger partial charge in [0.25, 0.3) is 0 Å². The van der Waals surface area contributed by atoms with Gasteiger partial charge in [-0.05, 0) is 36.1 Å². The van der Waals surface area contributed by atoms with E-state index in [1.165, 1.54) is 30.9 Å². The molecule has 3 heteroatoms. The van der Waals surface area contributed by atoms with Crippen molar-refractivity contribution in [3.63, 3.8) is 0 Å². The van der Waals surface area contributed by atoms with E-state index in [9.17, 15) is 0 Å². The maximum atomic E-state index is 6.08. The zero-order chi connectivity index (χ0) is 16.2. The van der Waals surface area contributed by atoms with Gasteiger partial charge in [-0.15, -0.1) is 0 Å². The highest BCUT2D eigenvalue weighted by atomic mass is 28.3. The maximum absolute atomic E-state index is 6.08. The smallest absolute Gasteiger partial charge is 0.118 e. The van der Waals surface area contributed by atoms with Crippen LogP contribution in [-0.2, 0) is 4.74 Å². The van der Waals surface area contributed by atoms with Gasteiger partial charge in [-0.2, -0.15) is 0 Å². The van der Waals surface area contributed by atoms with Gasteiger partial charge in [0.15, 0.2) is 0 Å². The molecule has 124 valence electrons. The predicted octanol–water partition coefficient (Wildman–Crippen LogP) is 5.47. The quantitative estimate of drug-likeness (QED) is 0.620. The van der Waals surface area contributed by atoms with Crippen molar-refractivity contribution in [3.8, 4) is 5.75 Å². The van der Waals surface area contributed by atoms with Crippen LogP contribution in [0.25, 0.3) is 0 Å². The second-order valence-corrected chi connectivity index (χ2v) is 13.0. The van der Waals surface area contributed by atoms with E-state index in [4.69, 9.17) is 9.47 Å². The second-order valence-electron chi connectivity index (χ2n) is 7.50. The minimum absolute atomic E-state index is 0.461. The van der Waals surface area contributed by atoms with Crippen LogP contribution in [0.15, 0.2) is 24.3 Å². The second kappa shape index (κ2) is 7.65. The van der Waals surface area contributed by atoms with E-state index < -0.39 is 8.07 Å². The maximum Gasteiger partial charge on any atom is 0.118 e. The molecule has 0 radical (unpaired) electrons. The van der Waals surface area contributed by atoms with Crippen LogP contribution < -0.4 is 4.74 Å². The van der Waals surface area contributed by atoms with Crippen molar-refractivity contribution < 1.29 is 9.47 Å². The minimum atomic E-state index is -1.08. The lowest BCUT2D eigenvalue weighted by molar-refractivity contribution is 0.106. The summed E-state index contributed by atoms with van der Waals surface area (Å²) in [5.74, 6) is 1.49. The van der Waals surface area contributed by atoms with Crippen LogP contribution in [0.2, 0.25) is 24.7 Å². The molecule has 0 aromatic heterocycles. The first-order chi connectivity index (χ1) is 10.5. The predicted molar refractivity (Wildman–Crippen MR) is 96.7 cm³/mol. The Kier molecular flexibility index (Phi) is 6.10. The molecule has 2 rings (SSSR count). The summed E-state index contributed by atoms with van der Waals surface area (Å²) in [4.78, 5) is 0. The van der Waals surface area contributed by atoms with Crippen molar-refractivity contribution in [1.82, 2.24) is 0 Å². The molecule has 1 aliphatic heterocycles. The summed E-state index contributed by atoms with van der Waals surface area (Å²) in [5.41, 5.74) is 2.30. The zero-order valence-electron chi connectivity index (χ0n) is 14.9. The Balaban J connectivity index is 1.84. The first-order valence-electron chi connectivity index (χ1n) is 8.71. The lowest BCUT2D eigenvalue weighted by Gasteiger charge is -2.30. The molecule has 0 amide bonds. The first kappa shape index (κ1) is 17.5. The van der Waals surface area contributed by atoms with Gasteiger partial charge in [-0.3, -0.25) is 0 Å². The average Bonchev–Trinajstić information content (AvgIpc) is 3.01. The Hall–Kier alpha value is -0.803. The molecular formula is C19H32O2Si. The summed E-state index contributed by atoms with van der Waals surface area (Å²) >= 11 is 0. The number of ether oxygens (including phenoxy) is 2. The molecule has 0 spiro atoms. The normalized spacial score (nSPS) is 23.5. The van der Waals surface area contributed by atoms with Gasteiger partial charge in [0, 0.05) is 5.92 Å². The number of benzene rings is 1. The van der Waals surface area contributed by atoms with E-state index in [0.29, 0.717) is 12.0 Å². The van der Waals surface area contributed by atoms with Crippen molar-refractivity contribution in [2.75, 3.05) is 13.7 Å². The molecule has 2 nitrogen and oxygen atoms in total. The third-order valence-electron chi connectivity index (χ3n) is 5.72. The van der Waals surface area contributed by atoms with Crippen molar-refractivity contribution in [2.45, 2.75) is 69.8 Å². The lowest BCUT2D eigenvalue weighted by Crippen LogP contribution is -2.31. The van der Waals surface area contributed by atoms with E-state index in [-0.39, 0.29) is 0 Å². The van der Waals surface area contributed by atoms with E-state index in [1.807, 2.05) is 0 Å². The molecule has 22 heavy (non-hydrogen) atoms. The lowest BCUT2D eigenvalue weighted by atomic mass is 9.95. The molecule has 1 aliphatic rings. The van der Waals surface area contributed by atoms with Gasteiger partial charge in [0.05, 0.1) is 27.9 Å². The van der Waals surface area contributed by atoms with Crippen molar-refractivity contribution in [3.05, 3.63) is 29.8 Å². The fourth-order valence-corrected chi connectivity index (χ4v) is 6.01. The van der Waals surface area contributed by atoms with Crippen LogP contribution in [-0.4, -0.2) is 27.9 Å². The van der Waals surface area contributed by atoms with Gasteiger partial charge in [0.2, 0.25) is 0 Å². The third-order valence-corrected chi connectivity index (χ3v) is 10.4. The van der Waals surface area contributed by atoms with Crippen LogP contribution >= 0.6 is 0 Å². The number of rotatable bonds is 7. The molecule has 1 aromatic rings. The minimum Gasteiger partial charge on any atom is -0.497 e. The van der Waals surface area contributed by atoms with Gasteiger partial charge in [-0.1, -0.05) is 51.5 Å². The standard InChI is InChI=1S/C19H32O2Si/c1-6-15(2)22(4,5)12-11-19-13-17(14-21-19)16-7-9-18(20-3)10-8-16/h7-10,15,17,19H,6,11-14H2,1-5H3/t15?,17-,19+/m0/s1. The van der Waals surface area contributed by atoms with Gasteiger partial charge < -0.3 is 9.47 Å². The Bertz CT molecular complexity index is 455. The fourth-order valence-electron chi connectivity index (χ4n) is 3.35. The van der Waals surface area contributed by atoms with Crippen LogP contribution in [0.5, 0.6) is 5.75 Å². The van der Waals surface area contributed by atoms with E-state index >= 15 is 0 Å². The van der Waals surface area contributed by atoms with Gasteiger partial charge in [-0.25, -0.2) is 0 Å². The summed E-state index contributed by atoms with van der Waals surface area (Å²) in [6.45, 7) is 10.7. The van der Waals surface area contributed by atoms with Crippen molar-refractivity contribution in [2.24, 2.45) is 0 Å². The summed E-state index contributed by atoms with van der Waals surface area (Å²) in [7, 11) is 0.630. The van der Waals surface area contributed by atoms with Crippen molar-refractivity contribution in [1.29, 1.82) is 0 Å². The molecule has 1 heterocycles. The number of methoxy groups -OCH3 is 1. The van der Waals surface area contributed by atoms with Crippen LogP contribution in [0.1, 0.15) is 44.6 Å². The number of hydrogen-bond acceptors (Lipinski definition) is 2. The SMILES string of the molecule is CCC(C)[Si](C)(C)CC[C@@H]1C[C@H](c2ccc(OC)cc2)CO1. The summed E-state index contributed by atoms with van der Waals surface area (Å²) < 4.78 is 11.3. The highest BCUT2D eigenvalue weighted by Gasteiger charge is 2.31. The average molecular weight is 321 g/mol. The molecule has 0 bridgehead atoms. The Morgan fingerprint density at radius 2 is 1.95 bits per heavy atom. The van der Waals surface area contributed by atoms with Crippen LogP contribution in [0.4, 0.5) is 0 Å². The first-order valence-corrected chi connectivity index (χ1v) is 12.0. The topological polar surface area (TPSA) is 18.5 Å². The van der Waals surface area contributed by atoms with Gasteiger partial charge in [0.1, 0.15) is 5.75 Å². The molecule has 0 saturated carbocycles. The molecule has 0 N–H and O–H groups in total. The molecular weight excluding hydrogens is 288 g/mol. The van der Waals surface area contributed by atoms with E-state index in [2.05, 4.69) is 51.2 Å². The molecule has 1 fully saturated rings. The molecule has 3 atom stereocenters. The molecule has 1 unspecified atom stereocenters. The molecule has 0 aliphatic carbocycles. The fraction of sp³-hybridized carbons (Fsp3) is 0.684. The summed E-state index contributed by atoms with van der Waals surface area (Å²) in [6.07, 6.45) is 4.20. The zero-order valence-corrected chi connectivity index (χ0v) is 15.9. The van der Waals surface area contributed by atoms with Crippen LogP contribution in [0, 0.1) is 0 Å². The number of hydrogen-bond donors (Lipinski definition) is 0. The van der Waals surface area contributed by atoms with E-state index in [0.717, 1.165) is 17.9 Å². The van der Waals surface area contributed by atoms with Crippen molar-refractivity contribution >= 4 is 8.07 Å². The summed E-state index contributed by atoms with van der Waals surface area (Å²) in [5, 5.41) is 0. The largest absolute Gasteiger partial charge is 0.497 e. The molecule has 1 saturated heterocycles. The van der Waals surface area contributed by atoms with Crippen LogP contribution in [0.3, 0.4) is 0 Å². The summed E-state index contributed by atoms with van der Waals surface area (Å²) in [6, 6.07) is 9.88. The van der Waals surface area contributed by atoms with E-state index in [1.54, 1.807) is 7.11 Å². The Labute approximate surface area is 137 Å². The highest BCUT2D eigenvalue weighted by Crippen LogP contribution is 2.35. The Morgan fingerprint density at radius 1 is 1.27 bits per heavy atom. The molecule has 1 aromatic carbocycles.